The second-order valence-electron chi connectivity index (χ2n) is 5.49. The van der Waals surface area contributed by atoms with Gasteiger partial charge in [0.2, 0.25) is 0 Å². The predicted octanol–water partition coefficient (Wildman–Crippen LogP) is 2.53. The molecular weight excluding hydrogens is 390 g/mol. The van der Waals surface area contributed by atoms with E-state index in [0.717, 1.165) is 4.47 Å². The topological polar surface area (TPSA) is 91.7 Å². The Morgan fingerprint density at radius 1 is 1.12 bits per heavy atom. The van der Waals surface area contributed by atoms with Gasteiger partial charge in [0.1, 0.15) is 5.76 Å². The van der Waals surface area contributed by atoms with Crippen LogP contribution in [-0.2, 0) is 6.54 Å². The number of nitrogens with zero attached hydrogens (tertiary/aromatic N) is 1. The lowest BCUT2D eigenvalue weighted by atomic mass is 10.1. The Morgan fingerprint density at radius 3 is 2.68 bits per heavy atom. The van der Waals surface area contributed by atoms with Crippen molar-refractivity contribution < 1.29 is 18.8 Å². The zero-order valence-corrected chi connectivity index (χ0v) is 14.8. The normalized spacial score (nSPS) is 13.1. The highest BCUT2D eigenvalue weighted by Gasteiger charge is 2.34. The molecule has 8 heteroatoms. The summed E-state index contributed by atoms with van der Waals surface area (Å²) < 4.78 is 5.87. The van der Waals surface area contributed by atoms with Crippen molar-refractivity contribution >= 4 is 33.8 Å². The summed E-state index contributed by atoms with van der Waals surface area (Å²) in [6.07, 6.45) is 2.01. The van der Waals surface area contributed by atoms with E-state index in [2.05, 4.69) is 26.6 Å². The van der Waals surface area contributed by atoms with Crippen molar-refractivity contribution in [1.82, 2.24) is 15.5 Å². The number of benzene rings is 1. The first-order valence-corrected chi connectivity index (χ1v) is 8.55. The lowest BCUT2D eigenvalue weighted by Crippen LogP contribution is -2.37. The van der Waals surface area contributed by atoms with E-state index >= 15 is 0 Å². The Labute approximate surface area is 152 Å². The highest BCUT2D eigenvalue weighted by molar-refractivity contribution is 9.10. The summed E-state index contributed by atoms with van der Waals surface area (Å²) in [7, 11) is 0. The Hall–Kier alpha value is -2.61. The second-order valence-corrected chi connectivity index (χ2v) is 6.41. The minimum absolute atomic E-state index is 0.252. The number of carbonyl (C=O) groups excluding carboxylic acids is 3. The number of fused-ring (bicyclic) bond motifs is 1. The maximum Gasteiger partial charge on any atom is 0.315 e. The van der Waals surface area contributed by atoms with Crippen molar-refractivity contribution in [2.75, 3.05) is 13.1 Å². The molecule has 3 rings (SSSR count). The molecule has 25 heavy (non-hydrogen) atoms. The van der Waals surface area contributed by atoms with Crippen LogP contribution in [0.15, 0.2) is 45.5 Å². The van der Waals surface area contributed by atoms with Gasteiger partial charge < -0.3 is 15.1 Å². The molecule has 130 valence electrons. The third-order valence-electron chi connectivity index (χ3n) is 3.78. The highest BCUT2D eigenvalue weighted by Crippen LogP contribution is 2.25. The average Bonchev–Trinajstić information content (AvgIpc) is 3.19. The summed E-state index contributed by atoms with van der Waals surface area (Å²) in [4.78, 5) is 37.4. The molecule has 1 aliphatic rings. The van der Waals surface area contributed by atoms with E-state index in [1.807, 2.05) is 0 Å². The Bertz CT molecular complexity index is 804. The number of urea groups is 1. The van der Waals surface area contributed by atoms with Crippen molar-refractivity contribution in [2.45, 2.75) is 13.0 Å². The molecule has 2 heterocycles. The molecule has 0 spiro atoms. The van der Waals surface area contributed by atoms with E-state index in [1.165, 1.54) is 11.2 Å². The summed E-state index contributed by atoms with van der Waals surface area (Å²) in [5.74, 6) is 0.0608. The number of hydrogen-bond acceptors (Lipinski definition) is 4. The first-order valence-electron chi connectivity index (χ1n) is 7.76. The van der Waals surface area contributed by atoms with Crippen molar-refractivity contribution in [2.24, 2.45) is 0 Å². The fourth-order valence-corrected chi connectivity index (χ4v) is 2.91. The summed E-state index contributed by atoms with van der Waals surface area (Å²) in [6.45, 7) is 0.898. The number of halogens is 1. The molecule has 1 aromatic carbocycles. The number of hydrogen-bond donors (Lipinski definition) is 2. The van der Waals surface area contributed by atoms with Gasteiger partial charge in [-0.3, -0.25) is 14.5 Å². The molecule has 1 aromatic heterocycles. The van der Waals surface area contributed by atoms with E-state index in [9.17, 15) is 14.4 Å². The molecule has 0 radical (unpaired) electrons. The minimum Gasteiger partial charge on any atom is -0.467 e. The van der Waals surface area contributed by atoms with Gasteiger partial charge >= 0.3 is 6.03 Å². The monoisotopic (exact) mass is 405 g/mol. The lowest BCUT2D eigenvalue weighted by Gasteiger charge is -2.14. The Morgan fingerprint density at radius 2 is 1.92 bits per heavy atom. The minimum atomic E-state index is -0.331. The molecule has 0 unspecified atom stereocenters. The molecule has 2 N–H and O–H groups in total. The summed E-state index contributed by atoms with van der Waals surface area (Å²) >= 11 is 3.30. The largest absolute Gasteiger partial charge is 0.467 e. The van der Waals surface area contributed by atoms with E-state index in [1.54, 1.807) is 30.3 Å². The Balaban J connectivity index is 1.43. The smallest absolute Gasteiger partial charge is 0.315 e. The van der Waals surface area contributed by atoms with Crippen LogP contribution in [0.5, 0.6) is 0 Å². The van der Waals surface area contributed by atoms with Crippen LogP contribution < -0.4 is 10.6 Å². The van der Waals surface area contributed by atoms with Crippen LogP contribution >= 0.6 is 15.9 Å². The number of rotatable bonds is 6. The molecule has 2 aromatic rings. The molecule has 0 saturated heterocycles. The van der Waals surface area contributed by atoms with Crippen molar-refractivity contribution in [1.29, 1.82) is 0 Å². The molecule has 0 fully saturated rings. The molecule has 0 aliphatic carbocycles. The van der Waals surface area contributed by atoms with Crippen molar-refractivity contribution in [3.63, 3.8) is 0 Å². The van der Waals surface area contributed by atoms with E-state index in [0.29, 0.717) is 36.4 Å². The highest BCUT2D eigenvalue weighted by atomic mass is 79.9. The third-order valence-corrected chi connectivity index (χ3v) is 4.27. The van der Waals surface area contributed by atoms with Gasteiger partial charge in [-0.2, -0.15) is 0 Å². The number of amides is 4. The maximum atomic E-state index is 12.3. The SMILES string of the molecule is O=C(NCCCN1C(=O)c2ccc(Br)cc2C1=O)NCc1ccco1. The van der Waals surface area contributed by atoms with Gasteiger partial charge in [-0.1, -0.05) is 15.9 Å². The number of nitrogens with one attached hydrogen (secondary N) is 2. The predicted molar refractivity (Wildman–Crippen MR) is 93.1 cm³/mol. The molecule has 0 atom stereocenters. The van der Waals surface area contributed by atoms with Crippen LogP contribution in [-0.4, -0.2) is 35.8 Å². The fourth-order valence-electron chi connectivity index (χ4n) is 2.55. The maximum absolute atomic E-state index is 12.3. The molecule has 7 nitrogen and oxygen atoms in total. The average molecular weight is 406 g/mol. The van der Waals surface area contributed by atoms with Crippen LogP contribution in [0, 0.1) is 0 Å². The van der Waals surface area contributed by atoms with Crippen LogP contribution in [0.1, 0.15) is 32.9 Å². The molecule has 4 amide bonds. The third kappa shape index (κ3) is 3.90. The van der Waals surface area contributed by atoms with E-state index in [-0.39, 0.29) is 24.4 Å². The van der Waals surface area contributed by atoms with Crippen LogP contribution in [0.4, 0.5) is 4.79 Å². The zero-order valence-electron chi connectivity index (χ0n) is 13.3. The second kappa shape index (κ2) is 7.52. The molecule has 1 aliphatic heterocycles. The van der Waals surface area contributed by atoms with Gasteiger partial charge in [0, 0.05) is 17.6 Å². The lowest BCUT2D eigenvalue weighted by molar-refractivity contribution is 0.0653. The molecule has 0 saturated carbocycles. The standard InChI is InChI=1S/C17H16BrN3O4/c18-11-4-5-13-14(9-11)16(23)21(15(13)22)7-2-6-19-17(24)20-10-12-3-1-8-25-12/h1,3-5,8-9H,2,6-7,10H2,(H2,19,20,24). The first kappa shape index (κ1) is 17.2. The van der Waals surface area contributed by atoms with Gasteiger partial charge in [-0.15, -0.1) is 0 Å². The summed E-state index contributed by atoms with van der Waals surface area (Å²) in [5, 5.41) is 5.34. The van der Waals surface area contributed by atoms with Gasteiger partial charge in [-0.25, -0.2) is 4.79 Å². The quantitative estimate of drug-likeness (QED) is 0.570. The van der Waals surface area contributed by atoms with Crippen LogP contribution in [0.25, 0.3) is 0 Å². The van der Waals surface area contributed by atoms with Gasteiger partial charge in [0.15, 0.2) is 0 Å². The number of furan rings is 1. The zero-order chi connectivity index (χ0) is 17.8. The summed E-state index contributed by atoms with van der Waals surface area (Å²) in [6, 6.07) is 8.20. The van der Waals surface area contributed by atoms with Crippen molar-refractivity contribution in [3.8, 4) is 0 Å². The fraction of sp³-hybridized carbons (Fsp3) is 0.235. The van der Waals surface area contributed by atoms with Gasteiger partial charge in [-0.05, 0) is 36.8 Å². The van der Waals surface area contributed by atoms with Gasteiger partial charge in [0.25, 0.3) is 11.8 Å². The van der Waals surface area contributed by atoms with Crippen LogP contribution in [0.3, 0.4) is 0 Å². The first-order chi connectivity index (χ1) is 12.1. The number of carbonyl (C=O) groups is 3. The molecule has 0 bridgehead atoms. The molecular formula is C17H16BrN3O4. The number of imide groups is 1. The van der Waals surface area contributed by atoms with Crippen molar-refractivity contribution in [3.05, 3.63) is 58.0 Å². The van der Waals surface area contributed by atoms with E-state index < -0.39 is 0 Å². The van der Waals surface area contributed by atoms with Crippen LogP contribution in [0.2, 0.25) is 0 Å². The van der Waals surface area contributed by atoms with E-state index in [4.69, 9.17) is 4.42 Å². The van der Waals surface area contributed by atoms with Gasteiger partial charge in [0.05, 0.1) is 23.9 Å². The Kier molecular flexibility index (Phi) is 5.18. The summed E-state index contributed by atoms with van der Waals surface area (Å²) in [5.41, 5.74) is 0.820.